The van der Waals surface area contributed by atoms with Crippen LogP contribution in [0, 0.1) is 24.1 Å². The van der Waals surface area contributed by atoms with Crippen molar-refractivity contribution in [1.82, 2.24) is 24.7 Å². The maximum atomic E-state index is 15.4. The number of aromatic hydroxyl groups is 2. The number of alkyl halides is 3. The predicted octanol–water partition coefficient (Wildman–Crippen LogP) is 7.26. The lowest BCUT2D eigenvalue weighted by Crippen LogP contribution is -2.62. The second-order valence-electron chi connectivity index (χ2n) is 20.7. The zero-order valence-corrected chi connectivity index (χ0v) is 40.0. The highest BCUT2D eigenvalue weighted by Crippen LogP contribution is 2.54. The highest BCUT2D eigenvalue weighted by molar-refractivity contribution is 5.98. The first-order valence-corrected chi connectivity index (χ1v) is 24.1. The molecule has 6 heterocycles. The van der Waals surface area contributed by atoms with E-state index >= 15 is 4.39 Å². The first kappa shape index (κ1) is 48.8. The van der Waals surface area contributed by atoms with Crippen molar-refractivity contribution in [3.05, 3.63) is 120 Å². The van der Waals surface area contributed by atoms with Crippen molar-refractivity contribution in [2.75, 3.05) is 13.1 Å². The van der Waals surface area contributed by atoms with Crippen LogP contribution in [0.5, 0.6) is 11.5 Å². The third-order valence-electron chi connectivity index (χ3n) is 15.7. The summed E-state index contributed by atoms with van der Waals surface area (Å²) in [4.78, 5) is 72.2. The van der Waals surface area contributed by atoms with Gasteiger partial charge in [0.1, 0.15) is 23.9 Å². The fourth-order valence-corrected chi connectivity index (χ4v) is 12.1. The first-order chi connectivity index (χ1) is 34.0. The number of benzene rings is 3. The molecule has 1 saturated carbocycles. The third-order valence-corrected chi connectivity index (χ3v) is 15.7. The van der Waals surface area contributed by atoms with Crippen LogP contribution in [0.1, 0.15) is 131 Å². The number of amides is 2. The summed E-state index contributed by atoms with van der Waals surface area (Å²) in [6.45, 7) is 10.9. The van der Waals surface area contributed by atoms with Gasteiger partial charge in [0.25, 0.3) is 11.5 Å². The number of hydrogen-bond acceptors (Lipinski definition) is 11. The maximum absolute atomic E-state index is 15.4. The fourth-order valence-electron chi connectivity index (χ4n) is 12.1. The van der Waals surface area contributed by atoms with E-state index in [1.165, 1.54) is 17.7 Å². The number of ether oxygens (including phenoxy) is 1. The molecule has 15 nitrogen and oxygen atoms in total. The maximum Gasteiger partial charge on any atom is 0.490 e. The number of carbonyl (C=O) groups excluding carboxylic acids is 3. The van der Waals surface area contributed by atoms with Crippen LogP contribution in [0.3, 0.4) is 0 Å². The number of carboxylic acid groups (broad SMARTS) is 1. The Kier molecular flexibility index (Phi) is 11.8. The molecule has 5 N–H and O–H groups in total. The molecule has 72 heavy (non-hydrogen) atoms. The number of carboxylic acids is 1. The monoisotopic (exact) mass is 995 g/mol. The van der Waals surface area contributed by atoms with Crippen LogP contribution in [0.25, 0.3) is 22.3 Å². The normalized spacial score (nSPS) is 20.4. The minimum atomic E-state index is -5.08. The van der Waals surface area contributed by atoms with Gasteiger partial charge >= 0.3 is 18.1 Å². The number of aryl methyl sites for hydroxylation is 1. The van der Waals surface area contributed by atoms with Gasteiger partial charge in [0.15, 0.2) is 5.60 Å². The number of nitrogens with one attached hydrogen (secondary N) is 1. The SMILES string of the molecule is CC[C@@]1(O)C(=O)OCc2c1cc1n(c2=O)Cc2c-1nc1cc(F)c(C)c3c1c2[C@H](NC(=O)CC1CC2(C1)CN(Cc1ccc4c(c1)CN(C(=O)c1cc(C(C)C)c(O)cc1O)C4)C2)CC3.O=C(O)C(F)(F)F. The van der Waals surface area contributed by atoms with E-state index in [2.05, 4.69) is 28.4 Å². The molecular weight excluding hydrogens is 943 g/mol. The molecule has 4 aliphatic heterocycles. The summed E-state index contributed by atoms with van der Waals surface area (Å²) >= 11 is 0. The van der Waals surface area contributed by atoms with E-state index in [0.29, 0.717) is 60.4 Å². The average Bonchev–Trinajstić information content (AvgIpc) is 3.90. The zero-order chi connectivity index (χ0) is 51.5. The second-order valence-corrected chi connectivity index (χ2v) is 20.7. The summed E-state index contributed by atoms with van der Waals surface area (Å²) in [5.41, 5.74) is 6.89. The van der Waals surface area contributed by atoms with Gasteiger partial charge in [0, 0.05) is 67.8 Å². The van der Waals surface area contributed by atoms with Crippen molar-refractivity contribution in [2.45, 2.75) is 123 Å². The number of pyridine rings is 2. The molecule has 11 rings (SSSR count). The number of esters is 1. The van der Waals surface area contributed by atoms with E-state index in [1.54, 1.807) is 35.4 Å². The predicted molar refractivity (Wildman–Crippen MR) is 251 cm³/mol. The molecule has 3 aromatic carbocycles. The minimum absolute atomic E-state index is 0.00494. The van der Waals surface area contributed by atoms with Gasteiger partial charge in [-0.25, -0.2) is 19.0 Å². The number of carbonyl (C=O) groups is 4. The second kappa shape index (κ2) is 17.4. The van der Waals surface area contributed by atoms with Crippen LogP contribution < -0.4 is 10.9 Å². The summed E-state index contributed by atoms with van der Waals surface area (Å²) in [7, 11) is 0. The number of hydrogen-bond donors (Lipinski definition) is 5. The van der Waals surface area contributed by atoms with Crippen LogP contribution in [0.15, 0.2) is 47.3 Å². The molecule has 2 atom stereocenters. The number of halogens is 4. The van der Waals surface area contributed by atoms with Gasteiger partial charge in [-0.2, -0.15) is 13.2 Å². The number of rotatable bonds is 8. The molecule has 1 saturated heterocycles. The Balaban J connectivity index is 0.000000796. The Morgan fingerprint density at radius 3 is 2.35 bits per heavy atom. The van der Waals surface area contributed by atoms with Crippen LogP contribution in [-0.4, -0.2) is 82.8 Å². The molecule has 2 amide bonds. The van der Waals surface area contributed by atoms with Gasteiger partial charge in [-0.05, 0) is 107 Å². The van der Waals surface area contributed by atoms with Gasteiger partial charge in [0.2, 0.25) is 5.91 Å². The highest BCUT2D eigenvalue weighted by Gasteiger charge is 2.52. The zero-order valence-electron chi connectivity index (χ0n) is 40.0. The largest absolute Gasteiger partial charge is 0.508 e. The number of phenolic OH excluding ortho intramolecular Hbond substituents is 2. The molecule has 2 aliphatic carbocycles. The highest BCUT2D eigenvalue weighted by atomic mass is 19.4. The van der Waals surface area contributed by atoms with E-state index in [4.69, 9.17) is 19.6 Å². The van der Waals surface area contributed by atoms with E-state index in [9.17, 15) is 47.7 Å². The smallest absolute Gasteiger partial charge is 0.490 e. The molecule has 2 fully saturated rings. The molecule has 378 valence electrons. The molecular formula is C53H53F4N5O10. The average molecular weight is 996 g/mol. The van der Waals surface area contributed by atoms with E-state index < -0.39 is 23.7 Å². The number of aliphatic hydroxyl groups is 1. The minimum Gasteiger partial charge on any atom is -0.508 e. The Labute approximate surface area is 410 Å². The van der Waals surface area contributed by atoms with Crippen molar-refractivity contribution in [3.63, 3.8) is 0 Å². The molecule has 1 spiro atoms. The van der Waals surface area contributed by atoms with E-state index in [0.717, 1.165) is 65.7 Å². The molecule has 6 aliphatic rings. The summed E-state index contributed by atoms with van der Waals surface area (Å²) in [6.07, 6.45) is -1.58. The van der Waals surface area contributed by atoms with Crippen molar-refractivity contribution >= 4 is 34.7 Å². The Bertz CT molecular complexity index is 3230. The van der Waals surface area contributed by atoms with Crippen LogP contribution in [0.4, 0.5) is 17.6 Å². The topological polar surface area (TPSA) is 212 Å². The van der Waals surface area contributed by atoms with Crippen molar-refractivity contribution < 1.29 is 61.9 Å². The number of aromatic nitrogens is 2. The van der Waals surface area contributed by atoms with Gasteiger partial charge in [-0.15, -0.1) is 0 Å². The number of phenols is 2. The molecule has 0 unspecified atom stereocenters. The van der Waals surface area contributed by atoms with Crippen molar-refractivity contribution in [1.29, 1.82) is 0 Å². The summed E-state index contributed by atoms with van der Waals surface area (Å²) in [5, 5.41) is 43.5. The fraction of sp³-hybridized carbons (Fsp3) is 0.434. The Morgan fingerprint density at radius 1 is 0.958 bits per heavy atom. The summed E-state index contributed by atoms with van der Waals surface area (Å²) < 4.78 is 54.0. The number of cyclic esters (lactones) is 1. The Hall–Kier alpha value is -6.86. The lowest BCUT2D eigenvalue weighted by molar-refractivity contribution is -0.192. The summed E-state index contributed by atoms with van der Waals surface area (Å²) in [5.74, 6) is -4.21. The van der Waals surface area contributed by atoms with Crippen LogP contribution >= 0.6 is 0 Å². The number of fused-ring (bicyclic) bond motifs is 6. The van der Waals surface area contributed by atoms with E-state index in [1.807, 2.05) is 13.8 Å². The number of nitrogens with zero attached hydrogens (tertiary/aromatic N) is 4. The lowest BCUT2D eigenvalue weighted by Gasteiger charge is -2.59. The number of aliphatic carboxylic acids is 1. The molecule has 0 bridgehead atoms. The summed E-state index contributed by atoms with van der Waals surface area (Å²) in [6, 6.07) is 12.0. The van der Waals surface area contributed by atoms with Crippen molar-refractivity contribution in [3.8, 4) is 22.9 Å². The molecule has 2 aromatic heterocycles. The van der Waals surface area contributed by atoms with Crippen molar-refractivity contribution in [2.24, 2.45) is 11.3 Å². The molecule has 19 heteroatoms. The quantitative estimate of drug-likeness (QED) is 0.0754. The lowest BCUT2D eigenvalue weighted by atomic mass is 9.57. The third kappa shape index (κ3) is 8.13. The van der Waals surface area contributed by atoms with Gasteiger partial charge in [-0.3, -0.25) is 19.3 Å². The Morgan fingerprint density at radius 2 is 1.67 bits per heavy atom. The van der Waals surface area contributed by atoms with Gasteiger partial charge < -0.3 is 39.9 Å². The van der Waals surface area contributed by atoms with E-state index in [-0.39, 0.29) is 94.2 Å². The van der Waals surface area contributed by atoms with Crippen LogP contribution in [0.2, 0.25) is 0 Å². The standard InChI is InChI=1S/C51H52FN5O8.C2HF3O2/c1-5-51(64)36-13-40-46-34(21-57(40)48(62)35(36)22-65-49(51)63)45-38(9-8-31-26(4)37(52)14-39(54-46)44(31)45)53-43(60)11-28-16-50(17-28)23-55(24-50)18-27-6-7-29-19-56(20-30(29)10-27)47(61)33-12-32(25(2)3)41(58)15-42(33)59;3-2(4,5)1(6)7/h6-7,10,12-15,25,28,38,58-59,64H,5,8-9,11,16-24H2,1-4H3,(H,53,60);(H,6,7)/t38-,51+;/m1./s1. The first-order valence-electron chi connectivity index (χ1n) is 24.1. The number of likely N-dealkylation sites (tertiary alicyclic amines) is 1. The van der Waals surface area contributed by atoms with Gasteiger partial charge in [-0.1, -0.05) is 39.0 Å². The molecule has 0 radical (unpaired) electrons. The van der Waals surface area contributed by atoms with Crippen LogP contribution in [-0.2, 0) is 63.9 Å². The molecule has 5 aromatic rings. The van der Waals surface area contributed by atoms with Gasteiger partial charge in [0.05, 0.1) is 40.6 Å².